The molecule has 5 aliphatic rings. The van der Waals surface area contributed by atoms with Crippen LogP contribution < -0.4 is 10.5 Å². The minimum atomic E-state index is -0.970. The van der Waals surface area contributed by atoms with Crippen molar-refractivity contribution in [2.45, 2.75) is 24.4 Å². The lowest BCUT2D eigenvalue weighted by Gasteiger charge is -2.38. The molecule has 2 aromatic heterocycles. The second-order valence-electron chi connectivity index (χ2n) is 14.8. The number of para-hydroxylation sites is 5. The SMILES string of the molecule is O=C1C(c2c(O)[nH]c3ccccc23)=Nc2ccccc21.O=C1[C@H]2C3CCCN3C3(c4ccccc4-n4c3nc3ccccc3c4=O)[C@H]2C(=O)N1c1ccccc1. The predicted molar refractivity (Wildman–Crippen MR) is 211 cm³/mol. The van der Waals surface area contributed by atoms with Gasteiger partial charge in [-0.2, -0.15) is 0 Å². The largest absolute Gasteiger partial charge is 0.494 e. The number of aliphatic imine (C=N–C) groups is 1. The van der Waals surface area contributed by atoms with Gasteiger partial charge < -0.3 is 10.1 Å². The fraction of sp³-hybridized carbons (Fsp3) is 0.156. The lowest BCUT2D eigenvalue weighted by Crippen LogP contribution is -2.51. The summed E-state index contributed by atoms with van der Waals surface area (Å²) in [6, 6.07) is 38.9. The lowest BCUT2D eigenvalue weighted by molar-refractivity contribution is -0.124. The lowest BCUT2D eigenvalue weighted by atomic mass is 9.75. The van der Waals surface area contributed by atoms with E-state index >= 15 is 0 Å². The van der Waals surface area contributed by atoms with E-state index in [-0.39, 0.29) is 35.1 Å². The number of nitrogens with zero attached hydrogens (tertiary/aromatic N) is 5. The summed E-state index contributed by atoms with van der Waals surface area (Å²) in [6.07, 6.45) is 1.77. The van der Waals surface area contributed by atoms with Gasteiger partial charge in [0.15, 0.2) is 5.88 Å². The quantitative estimate of drug-likeness (QED) is 0.195. The van der Waals surface area contributed by atoms with Crippen LogP contribution in [0.1, 0.15) is 40.2 Å². The van der Waals surface area contributed by atoms with Crippen LogP contribution in [0.3, 0.4) is 0 Å². The number of benzene rings is 5. The first-order chi connectivity index (χ1) is 27.4. The van der Waals surface area contributed by atoms with Crippen LogP contribution in [-0.2, 0) is 15.1 Å². The van der Waals surface area contributed by atoms with Crippen molar-refractivity contribution in [1.29, 1.82) is 0 Å². The molecule has 7 heterocycles. The maximum atomic E-state index is 14.3. The van der Waals surface area contributed by atoms with E-state index in [2.05, 4.69) is 14.9 Å². The Balaban J connectivity index is 0.000000153. The average molecular weight is 737 g/mol. The van der Waals surface area contributed by atoms with Crippen molar-refractivity contribution in [3.8, 4) is 11.6 Å². The van der Waals surface area contributed by atoms with Crippen molar-refractivity contribution >= 4 is 56.5 Å². The number of imide groups is 1. The van der Waals surface area contributed by atoms with E-state index in [1.165, 1.54) is 4.90 Å². The maximum Gasteiger partial charge on any atom is 0.266 e. The normalized spacial score (nSPS) is 22.9. The van der Waals surface area contributed by atoms with Crippen LogP contribution in [0.4, 0.5) is 11.4 Å². The third kappa shape index (κ3) is 4.14. The first kappa shape index (κ1) is 32.5. The highest BCUT2D eigenvalue weighted by molar-refractivity contribution is 6.56. The number of carbonyl (C=O) groups excluding carboxylic acids is 3. The Morgan fingerprint density at radius 2 is 1.46 bits per heavy atom. The minimum absolute atomic E-state index is 0.0221. The number of carbonyl (C=O) groups is 3. The molecule has 56 heavy (non-hydrogen) atoms. The minimum Gasteiger partial charge on any atom is -0.494 e. The summed E-state index contributed by atoms with van der Waals surface area (Å²) in [5.41, 5.74) is 4.51. The first-order valence-electron chi connectivity index (χ1n) is 18.7. The molecule has 2 N–H and O–H groups in total. The van der Waals surface area contributed by atoms with Gasteiger partial charge in [-0.15, -0.1) is 0 Å². The van der Waals surface area contributed by atoms with E-state index in [0.717, 1.165) is 41.5 Å². The number of ketones is 1. The molecule has 5 aliphatic heterocycles. The molecule has 0 radical (unpaired) electrons. The number of hydrogen-bond donors (Lipinski definition) is 2. The Kier molecular flexibility index (Phi) is 6.81. The number of nitrogens with one attached hydrogen (secondary N) is 1. The molecular formula is C45H32N6O5. The number of Topliss-reactive ketones (excluding diaryl/α,β-unsaturated/α-hetero) is 1. The fourth-order valence-corrected chi connectivity index (χ4v) is 10.0. The van der Waals surface area contributed by atoms with Crippen LogP contribution in [0.15, 0.2) is 137 Å². The van der Waals surface area contributed by atoms with Crippen molar-refractivity contribution in [3.63, 3.8) is 0 Å². The number of fused-ring (bicyclic) bond motifs is 13. The highest BCUT2D eigenvalue weighted by Crippen LogP contribution is 2.62. The van der Waals surface area contributed by atoms with E-state index in [1.807, 2.05) is 109 Å². The Labute approximate surface area is 319 Å². The van der Waals surface area contributed by atoms with Gasteiger partial charge in [0.2, 0.25) is 17.6 Å². The molecule has 2 amide bonds. The van der Waals surface area contributed by atoms with E-state index in [1.54, 1.807) is 22.8 Å². The van der Waals surface area contributed by atoms with Crippen molar-refractivity contribution in [2.24, 2.45) is 16.8 Å². The van der Waals surface area contributed by atoms with Gasteiger partial charge in [0.1, 0.15) is 17.1 Å². The molecule has 12 rings (SSSR count). The highest BCUT2D eigenvalue weighted by Gasteiger charge is 2.73. The number of rotatable bonds is 2. The van der Waals surface area contributed by atoms with Crippen molar-refractivity contribution in [3.05, 3.63) is 160 Å². The Bertz CT molecular complexity index is 2950. The number of aromatic hydroxyl groups is 1. The summed E-state index contributed by atoms with van der Waals surface area (Å²) >= 11 is 0. The van der Waals surface area contributed by atoms with Gasteiger partial charge in [-0.05, 0) is 67.9 Å². The second-order valence-corrected chi connectivity index (χ2v) is 14.8. The van der Waals surface area contributed by atoms with Crippen molar-refractivity contribution in [1.82, 2.24) is 19.4 Å². The number of H-pyrrole nitrogens is 1. The molecule has 7 aromatic rings. The molecular weight excluding hydrogens is 705 g/mol. The van der Waals surface area contributed by atoms with Gasteiger partial charge in [0, 0.05) is 28.1 Å². The monoisotopic (exact) mass is 736 g/mol. The molecule has 2 unspecified atom stereocenters. The number of anilines is 1. The number of hydrogen-bond acceptors (Lipinski definition) is 8. The van der Waals surface area contributed by atoms with Crippen LogP contribution >= 0.6 is 0 Å². The molecule has 3 saturated heterocycles. The van der Waals surface area contributed by atoms with E-state index < -0.39 is 17.4 Å². The molecule has 0 saturated carbocycles. The smallest absolute Gasteiger partial charge is 0.266 e. The number of aromatic nitrogens is 3. The third-order valence-electron chi connectivity index (χ3n) is 12.2. The van der Waals surface area contributed by atoms with Crippen molar-refractivity contribution < 1.29 is 19.5 Å². The molecule has 1 spiro atoms. The Hall–Kier alpha value is -6.98. The number of aromatic amines is 1. The standard InChI is InChI=1S/C29H22N4O3.C16H10N2O2/c34-25-18-11-4-6-13-20(18)30-28-29(19-12-5-7-14-21(19)33(25)28)24-23(22-15-8-16-31(22)29)26(35)32(27(24)36)17-9-2-1-3-10-17;19-15-10-6-2-4-8-12(10)17-14(15)13-9-5-1-3-7-11(9)18-16(13)20/h1-7,9-14,22-24H,8,15-16H2;1-8,18,20H/t22?,23-,24+,29?;/m0./s1. The molecule has 0 bridgehead atoms. The van der Waals surface area contributed by atoms with Crippen LogP contribution in [0.2, 0.25) is 0 Å². The molecule has 11 nitrogen and oxygen atoms in total. The second kappa shape index (κ2) is 11.8. The summed E-state index contributed by atoms with van der Waals surface area (Å²) in [6.45, 7) is 0.751. The first-order valence-corrected chi connectivity index (χ1v) is 18.7. The maximum absolute atomic E-state index is 14.3. The molecule has 11 heteroatoms. The van der Waals surface area contributed by atoms with Crippen LogP contribution in [0.5, 0.6) is 5.88 Å². The predicted octanol–water partition coefficient (Wildman–Crippen LogP) is 6.42. The summed E-state index contributed by atoms with van der Waals surface area (Å²) in [4.78, 5) is 70.6. The zero-order valence-corrected chi connectivity index (χ0v) is 29.8. The number of amides is 2. The Morgan fingerprint density at radius 1 is 0.750 bits per heavy atom. The van der Waals surface area contributed by atoms with Gasteiger partial charge in [-0.25, -0.2) is 14.9 Å². The van der Waals surface area contributed by atoms with Gasteiger partial charge >= 0.3 is 0 Å². The zero-order valence-electron chi connectivity index (χ0n) is 29.8. The van der Waals surface area contributed by atoms with Gasteiger partial charge in [0.05, 0.1) is 45.4 Å². The third-order valence-corrected chi connectivity index (χ3v) is 12.2. The molecule has 5 aromatic carbocycles. The zero-order chi connectivity index (χ0) is 37.9. The molecule has 3 fully saturated rings. The van der Waals surface area contributed by atoms with Gasteiger partial charge in [0.25, 0.3) is 5.56 Å². The van der Waals surface area contributed by atoms with Crippen molar-refractivity contribution in [2.75, 3.05) is 11.4 Å². The fourth-order valence-electron chi connectivity index (χ4n) is 10.0. The van der Waals surface area contributed by atoms with Crippen LogP contribution in [-0.4, -0.2) is 60.4 Å². The Morgan fingerprint density at radius 3 is 2.30 bits per heavy atom. The van der Waals surface area contributed by atoms with E-state index in [0.29, 0.717) is 44.9 Å². The average Bonchev–Trinajstić information content (AvgIpc) is 4.06. The topological polar surface area (TPSA) is 141 Å². The summed E-state index contributed by atoms with van der Waals surface area (Å²) in [5, 5.41) is 11.4. The molecule has 272 valence electrons. The van der Waals surface area contributed by atoms with Crippen LogP contribution in [0.25, 0.3) is 27.5 Å². The van der Waals surface area contributed by atoms with E-state index in [4.69, 9.17) is 4.98 Å². The highest BCUT2D eigenvalue weighted by atomic mass is 16.3. The van der Waals surface area contributed by atoms with Crippen LogP contribution in [0, 0.1) is 11.8 Å². The van der Waals surface area contributed by atoms with E-state index in [9.17, 15) is 24.3 Å². The summed E-state index contributed by atoms with van der Waals surface area (Å²) < 4.78 is 1.69. The molecule has 0 aliphatic carbocycles. The van der Waals surface area contributed by atoms with Gasteiger partial charge in [-0.1, -0.05) is 78.9 Å². The van der Waals surface area contributed by atoms with Gasteiger partial charge in [-0.3, -0.25) is 28.6 Å². The summed E-state index contributed by atoms with van der Waals surface area (Å²) in [5.74, 6) is -1.11. The molecule has 4 atom stereocenters. The summed E-state index contributed by atoms with van der Waals surface area (Å²) in [7, 11) is 0.